The molecule has 1 aliphatic carbocycles. The molecular weight excluding hydrogens is 328 g/mol. The molecule has 4 heteroatoms. The van der Waals surface area contributed by atoms with Gasteiger partial charge < -0.3 is 9.53 Å². The summed E-state index contributed by atoms with van der Waals surface area (Å²) in [5.74, 6) is -1.50. The molecule has 0 radical (unpaired) electrons. The number of unbranched alkanes of at least 4 members (excludes halogenated alkanes) is 3. The Morgan fingerprint density at radius 1 is 1.23 bits per heavy atom. The molecule has 0 aliphatic heterocycles. The maximum absolute atomic E-state index is 13.3. The number of hydrogen-bond acceptors (Lipinski definition) is 4. The first kappa shape index (κ1) is 20.3. The molecule has 1 aromatic rings. The fourth-order valence-corrected chi connectivity index (χ4v) is 3.72. The third kappa shape index (κ3) is 4.05. The van der Waals surface area contributed by atoms with Crippen molar-refractivity contribution in [3.63, 3.8) is 0 Å². The van der Waals surface area contributed by atoms with Gasteiger partial charge in [-0.1, -0.05) is 56.9 Å². The second kappa shape index (κ2) is 8.15. The second-order valence-corrected chi connectivity index (χ2v) is 8.23. The highest BCUT2D eigenvalue weighted by molar-refractivity contribution is 6.17. The lowest BCUT2D eigenvalue weighted by Crippen LogP contribution is -2.48. The van der Waals surface area contributed by atoms with Gasteiger partial charge in [-0.25, -0.2) is 0 Å². The molecule has 0 aromatic heterocycles. The van der Waals surface area contributed by atoms with Crippen LogP contribution in [0, 0.1) is 11.3 Å². The van der Waals surface area contributed by atoms with Crippen LogP contribution in [0.2, 0.25) is 0 Å². The second-order valence-electron chi connectivity index (χ2n) is 8.23. The van der Waals surface area contributed by atoms with E-state index in [1.807, 2.05) is 12.1 Å². The first-order valence-corrected chi connectivity index (χ1v) is 9.57. The number of carbonyl (C=O) groups is 3. The van der Waals surface area contributed by atoms with Gasteiger partial charge in [-0.05, 0) is 39.2 Å². The standard InChI is InChI=1S/C22H30O4/c1-5-6-7-8-12-17(15-23)22(20(25)26-21(2,3)4)14-16-11-9-10-13-18(16)19(22)24/h9-11,13,15,17H,5-8,12,14H2,1-4H3/t17-,22+/m0/s1. The summed E-state index contributed by atoms with van der Waals surface area (Å²) in [6, 6.07) is 7.24. The van der Waals surface area contributed by atoms with Gasteiger partial charge in [0.05, 0.1) is 0 Å². The summed E-state index contributed by atoms with van der Waals surface area (Å²) in [6.07, 6.45) is 5.56. The van der Waals surface area contributed by atoms with Crippen LogP contribution >= 0.6 is 0 Å². The summed E-state index contributed by atoms with van der Waals surface area (Å²) in [4.78, 5) is 38.4. The van der Waals surface area contributed by atoms with Crippen LogP contribution in [0.3, 0.4) is 0 Å². The van der Waals surface area contributed by atoms with E-state index in [0.717, 1.165) is 37.5 Å². The van der Waals surface area contributed by atoms with Crippen molar-refractivity contribution in [1.82, 2.24) is 0 Å². The topological polar surface area (TPSA) is 60.4 Å². The zero-order valence-electron chi connectivity index (χ0n) is 16.3. The SMILES string of the molecule is CCCCCC[C@@H](C=O)[C@]1(C(=O)OC(C)(C)C)Cc2ccccc2C1=O. The van der Waals surface area contributed by atoms with Crippen LogP contribution in [0.1, 0.15) is 75.7 Å². The highest BCUT2D eigenvalue weighted by Crippen LogP contribution is 2.45. The van der Waals surface area contributed by atoms with Crippen molar-refractivity contribution in [3.8, 4) is 0 Å². The minimum atomic E-state index is -1.43. The lowest BCUT2D eigenvalue weighted by Gasteiger charge is -2.33. The van der Waals surface area contributed by atoms with E-state index in [-0.39, 0.29) is 12.2 Å². The summed E-state index contributed by atoms with van der Waals surface area (Å²) in [6.45, 7) is 7.46. The number of Topliss-reactive ketones (excluding diaryl/α,β-unsaturated/α-hetero) is 1. The fourth-order valence-electron chi connectivity index (χ4n) is 3.72. The number of esters is 1. The predicted molar refractivity (Wildman–Crippen MR) is 101 cm³/mol. The lowest BCUT2D eigenvalue weighted by molar-refractivity contribution is -0.168. The molecule has 0 spiro atoms. The molecule has 0 bridgehead atoms. The smallest absolute Gasteiger partial charge is 0.321 e. The zero-order chi connectivity index (χ0) is 19.4. The maximum atomic E-state index is 13.3. The predicted octanol–water partition coefficient (Wildman–Crippen LogP) is 4.54. The van der Waals surface area contributed by atoms with Crippen molar-refractivity contribution in [1.29, 1.82) is 0 Å². The van der Waals surface area contributed by atoms with E-state index in [1.54, 1.807) is 32.9 Å². The average Bonchev–Trinajstić information content (AvgIpc) is 2.88. The van der Waals surface area contributed by atoms with Crippen molar-refractivity contribution >= 4 is 18.0 Å². The number of fused-ring (bicyclic) bond motifs is 1. The van der Waals surface area contributed by atoms with Gasteiger partial charge in [-0.3, -0.25) is 9.59 Å². The van der Waals surface area contributed by atoms with Gasteiger partial charge in [0.2, 0.25) is 0 Å². The molecule has 142 valence electrons. The molecule has 1 aromatic carbocycles. The van der Waals surface area contributed by atoms with Crippen LogP contribution < -0.4 is 0 Å². The molecule has 0 saturated heterocycles. The van der Waals surface area contributed by atoms with Crippen LogP contribution in [-0.4, -0.2) is 23.6 Å². The minimum absolute atomic E-state index is 0.244. The lowest BCUT2D eigenvalue weighted by atomic mass is 9.70. The van der Waals surface area contributed by atoms with Gasteiger partial charge in [-0.2, -0.15) is 0 Å². The summed E-state index contributed by atoms with van der Waals surface area (Å²) < 4.78 is 5.62. The number of aldehydes is 1. The number of benzene rings is 1. The number of ketones is 1. The largest absolute Gasteiger partial charge is 0.459 e. The van der Waals surface area contributed by atoms with Gasteiger partial charge >= 0.3 is 5.97 Å². The molecule has 0 N–H and O–H groups in total. The van der Waals surface area contributed by atoms with Crippen LogP contribution in [0.4, 0.5) is 0 Å². The van der Waals surface area contributed by atoms with Gasteiger partial charge in [-0.15, -0.1) is 0 Å². The average molecular weight is 358 g/mol. The van der Waals surface area contributed by atoms with Crippen molar-refractivity contribution in [2.45, 2.75) is 71.8 Å². The highest BCUT2D eigenvalue weighted by Gasteiger charge is 2.57. The summed E-state index contributed by atoms with van der Waals surface area (Å²) in [5.41, 5.74) is -0.776. The molecule has 0 unspecified atom stereocenters. The van der Waals surface area contributed by atoms with E-state index in [0.29, 0.717) is 12.0 Å². The zero-order valence-corrected chi connectivity index (χ0v) is 16.3. The molecular formula is C22H30O4. The summed E-state index contributed by atoms with van der Waals surface area (Å²) in [5, 5.41) is 0. The van der Waals surface area contributed by atoms with Crippen LogP contribution in [-0.2, 0) is 20.7 Å². The molecule has 1 aliphatic rings. The molecule has 2 atom stereocenters. The molecule has 0 saturated carbocycles. The molecule has 4 nitrogen and oxygen atoms in total. The summed E-state index contributed by atoms with van der Waals surface area (Å²) >= 11 is 0. The normalized spacial score (nSPS) is 20.5. The number of rotatable bonds is 8. The number of hydrogen-bond donors (Lipinski definition) is 0. The maximum Gasteiger partial charge on any atom is 0.321 e. The Bertz CT molecular complexity index is 671. The first-order chi connectivity index (χ1) is 12.3. The van der Waals surface area contributed by atoms with Gasteiger partial charge in [0.15, 0.2) is 5.78 Å². The molecule has 26 heavy (non-hydrogen) atoms. The van der Waals surface area contributed by atoms with Gasteiger partial charge in [0, 0.05) is 11.5 Å². The van der Waals surface area contributed by atoms with E-state index in [4.69, 9.17) is 4.74 Å². The number of ether oxygens (including phenoxy) is 1. The van der Waals surface area contributed by atoms with Crippen LogP contribution in [0.25, 0.3) is 0 Å². The van der Waals surface area contributed by atoms with Gasteiger partial charge in [0.25, 0.3) is 0 Å². The van der Waals surface area contributed by atoms with Crippen molar-refractivity contribution in [2.75, 3.05) is 0 Å². The minimum Gasteiger partial charge on any atom is -0.459 e. The van der Waals surface area contributed by atoms with Crippen LogP contribution in [0.5, 0.6) is 0 Å². The Morgan fingerprint density at radius 3 is 2.50 bits per heavy atom. The Morgan fingerprint density at radius 2 is 1.92 bits per heavy atom. The monoisotopic (exact) mass is 358 g/mol. The highest BCUT2D eigenvalue weighted by atomic mass is 16.6. The third-order valence-electron chi connectivity index (χ3n) is 5.07. The molecule has 2 rings (SSSR count). The third-order valence-corrected chi connectivity index (χ3v) is 5.07. The molecule has 0 heterocycles. The Hall–Kier alpha value is -1.97. The van der Waals surface area contributed by atoms with E-state index in [2.05, 4.69) is 6.92 Å². The molecule has 0 amide bonds. The van der Waals surface area contributed by atoms with E-state index < -0.39 is 22.9 Å². The van der Waals surface area contributed by atoms with Crippen molar-refractivity contribution < 1.29 is 19.1 Å². The Kier molecular flexibility index (Phi) is 6.38. The van der Waals surface area contributed by atoms with Gasteiger partial charge in [0.1, 0.15) is 17.3 Å². The van der Waals surface area contributed by atoms with Crippen molar-refractivity contribution in [3.05, 3.63) is 35.4 Å². The van der Waals surface area contributed by atoms with E-state index >= 15 is 0 Å². The summed E-state index contributed by atoms with van der Waals surface area (Å²) in [7, 11) is 0. The Balaban J connectivity index is 2.38. The number of carbonyl (C=O) groups excluding carboxylic acids is 3. The quantitative estimate of drug-likeness (QED) is 0.296. The first-order valence-electron chi connectivity index (χ1n) is 9.57. The fraction of sp³-hybridized carbons (Fsp3) is 0.591. The van der Waals surface area contributed by atoms with E-state index in [1.165, 1.54) is 0 Å². The van der Waals surface area contributed by atoms with Crippen LogP contribution in [0.15, 0.2) is 24.3 Å². The van der Waals surface area contributed by atoms with E-state index in [9.17, 15) is 14.4 Å². The molecule has 0 fully saturated rings. The Labute approximate surface area is 156 Å². The van der Waals surface area contributed by atoms with Crippen molar-refractivity contribution in [2.24, 2.45) is 11.3 Å².